The van der Waals surface area contributed by atoms with Crippen molar-refractivity contribution in [3.8, 4) is 0 Å². The van der Waals surface area contributed by atoms with Crippen LogP contribution in [0.2, 0.25) is 0 Å². The van der Waals surface area contributed by atoms with E-state index in [4.69, 9.17) is 5.73 Å². The van der Waals surface area contributed by atoms with Crippen LogP contribution >= 0.6 is 0 Å². The molecule has 5 nitrogen and oxygen atoms in total. The maximum atomic E-state index is 12.3. The molecule has 0 aromatic carbocycles. The van der Waals surface area contributed by atoms with Crippen molar-refractivity contribution in [3.63, 3.8) is 0 Å². The number of anilines is 1. The van der Waals surface area contributed by atoms with Gasteiger partial charge in [-0.15, -0.1) is 0 Å². The fourth-order valence-corrected chi connectivity index (χ4v) is 2.40. The van der Waals surface area contributed by atoms with Crippen LogP contribution in [0.4, 0.5) is 5.82 Å². The molecule has 2 heterocycles. The third kappa shape index (κ3) is 3.28. The second-order valence-corrected chi connectivity index (χ2v) is 5.41. The summed E-state index contributed by atoms with van der Waals surface area (Å²) in [5, 5.41) is 0. The molecule has 0 radical (unpaired) electrons. The van der Waals surface area contributed by atoms with Crippen LogP contribution in [0.25, 0.3) is 0 Å². The molecule has 0 saturated carbocycles. The number of aromatic nitrogens is 1. The predicted octanol–water partition coefficient (Wildman–Crippen LogP) is 1.10. The molecule has 1 amide bonds. The van der Waals surface area contributed by atoms with Crippen molar-refractivity contribution in [1.29, 1.82) is 0 Å². The average Bonchev–Trinajstić information content (AvgIpc) is 2.53. The Labute approximate surface area is 120 Å². The molecule has 20 heavy (non-hydrogen) atoms. The first kappa shape index (κ1) is 14.8. The number of hydrogen-bond donors (Lipinski definition) is 1. The van der Waals surface area contributed by atoms with E-state index in [1.165, 1.54) is 0 Å². The molecule has 5 heteroatoms. The molecule has 0 spiro atoms. The van der Waals surface area contributed by atoms with Gasteiger partial charge in [-0.25, -0.2) is 4.98 Å². The number of piperazine rings is 1. The molecule has 1 saturated heterocycles. The average molecular weight is 276 g/mol. The van der Waals surface area contributed by atoms with E-state index in [2.05, 4.69) is 16.8 Å². The number of rotatable bonds is 4. The van der Waals surface area contributed by atoms with Gasteiger partial charge in [-0.3, -0.25) is 4.79 Å². The van der Waals surface area contributed by atoms with Crippen molar-refractivity contribution in [2.75, 3.05) is 31.1 Å². The van der Waals surface area contributed by atoms with E-state index in [0.717, 1.165) is 38.4 Å². The highest BCUT2D eigenvalue weighted by atomic mass is 16.2. The Morgan fingerprint density at radius 2 is 2.05 bits per heavy atom. The molecular weight excluding hydrogens is 252 g/mol. The van der Waals surface area contributed by atoms with Crippen LogP contribution in [0.3, 0.4) is 0 Å². The van der Waals surface area contributed by atoms with Crippen molar-refractivity contribution < 1.29 is 4.79 Å². The van der Waals surface area contributed by atoms with Crippen LogP contribution < -0.4 is 10.6 Å². The van der Waals surface area contributed by atoms with Crippen LogP contribution in [0.5, 0.6) is 0 Å². The van der Waals surface area contributed by atoms with Gasteiger partial charge in [-0.2, -0.15) is 0 Å². The van der Waals surface area contributed by atoms with Gasteiger partial charge >= 0.3 is 0 Å². The maximum Gasteiger partial charge on any atom is 0.239 e. The second-order valence-electron chi connectivity index (χ2n) is 5.41. The molecule has 0 bridgehead atoms. The first-order valence-electron chi connectivity index (χ1n) is 7.33. The third-order valence-electron chi connectivity index (χ3n) is 4.11. The van der Waals surface area contributed by atoms with Gasteiger partial charge in [0.2, 0.25) is 5.91 Å². The minimum Gasteiger partial charge on any atom is -0.353 e. The van der Waals surface area contributed by atoms with Gasteiger partial charge in [0.1, 0.15) is 5.82 Å². The second kappa shape index (κ2) is 6.70. The molecule has 2 rings (SSSR count). The summed E-state index contributed by atoms with van der Waals surface area (Å²) in [7, 11) is 0. The Balaban J connectivity index is 1.90. The van der Waals surface area contributed by atoms with Crippen molar-refractivity contribution >= 4 is 11.7 Å². The van der Waals surface area contributed by atoms with E-state index in [1.54, 1.807) is 6.20 Å². The first-order valence-corrected chi connectivity index (χ1v) is 7.33. The number of nitrogens with two attached hydrogens (primary N) is 1. The van der Waals surface area contributed by atoms with Crippen molar-refractivity contribution in [2.45, 2.75) is 26.3 Å². The molecule has 0 aliphatic carbocycles. The van der Waals surface area contributed by atoms with E-state index < -0.39 is 0 Å². The molecule has 1 fully saturated rings. The summed E-state index contributed by atoms with van der Waals surface area (Å²) >= 11 is 0. The summed E-state index contributed by atoms with van der Waals surface area (Å²) in [4.78, 5) is 20.7. The summed E-state index contributed by atoms with van der Waals surface area (Å²) in [6.45, 7) is 7.18. The maximum absolute atomic E-state index is 12.3. The van der Waals surface area contributed by atoms with Gasteiger partial charge in [0.25, 0.3) is 0 Å². The van der Waals surface area contributed by atoms with E-state index in [1.807, 2.05) is 30.0 Å². The Morgan fingerprint density at radius 1 is 1.35 bits per heavy atom. The van der Waals surface area contributed by atoms with Gasteiger partial charge < -0.3 is 15.5 Å². The van der Waals surface area contributed by atoms with Gasteiger partial charge in [0.05, 0.1) is 6.04 Å². The summed E-state index contributed by atoms with van der Waals surface area (Å²) in [6, 6.07) is 5.52. The predicted molar refractivity (Wildman–Crippen MR) is 80.5 cm³/mol. The monoisotopic (exact) mass is 276 g/mol. The Morgan fingerprint density at radius 3 is 2.60 bits per heavy atom. The lowest BCUT2D eigenvalue weighted by molar-refractivity contribution is -0.134. The number of hydrogen-bond acceptors (Lipinski definition) is 4. The van der Waals surface area contributed by atoms with E-state index in [9.17, 15) is 4.79 Å². The molecule has 1 aromatic heterocycles. The lowest BCUT2D eigenvalue weighted by Crippen LogP contribution is -2.54. The lowest BCUT2D eigenvalue weighted by Gasteiger charge is -2.37. The zero-order valence-electron chi connectivity index (χ0n) is 12.3. The zero-order chi connectivity index (χ0) is 14.5. The number of carbonyl (C=O) groups is 1. The normalized spacial score (nSPS) is 18.8. The minimum atomic E-state index is -0.374. The minimum absolute atomic E-state index is 0.0834. The van der Waals surface area contributed by atoms with E-state index >= 15 is 0 Å². The number of nitrogens with zero attached hydrogens (tertiary/aromatic N) is 3. The third-order valence-corrected chi connectivity index (χ3v) is 4.11. The van der Waals surface area contributed by atoms with Gasteiger partial charge in [-0.05, 0) is 18.1 Å². The quantitative estimate of drug-likeness (QED) is 0.894. The molecular formula is C15H24N4O. The largest absolute Gasteiger partial charge is 0.353 e. The number of carbonyl (C=O) groups excluding carboxylic acids is 1. The topological polar surface area (TPSA) is 62.5 Å². The van der Waals surface area contributed by atoms with E-state index in [-0.39, 0.29) is 17.9 Å². The highest BCUT2D eigenvalue weighted by molar-refractivity contribution is 5.82. The van der Waals surface area contributed by atoms with Gasteiger partial charge in [-0.1, -0.05) is 26.3 Å². The molecule has 2 N–H and O–H groups in total. The van der Waals surface area contributed by atoms with Crippen LogP contribution in [-0.2, 0) is 4.79 Å². The fourth-order valence-electron chi connectivity index (χ4n) is 2.40. The molecule has 1 aromatic rings. The van der Waals surface area contributed by atoms with Crippen molar-refractivity contribution in [3.05, 3.63) is 24.4 Å². The summed E-state index contributed by atoms with van der Waals surface area (Å²) in [5.74, 6) is 1.29. The van der Waals surface area contributed by atoms with E-state index in [0.29, 0.717) is 0 Å². The zero-order valence-corrected chi connectivity index (χ0v) is 12.3. The summed E-state index contributed by atoms with van der Waals surface area (Å²) in [6.07, 6.45) is 2.73. The molecule has 1 aliphatic heterocycles. The first-order chi connectivity index (χ1) is 9.63. The fraction of sp³-hybridized carbons (Fsp3) is 0.600. The van der Waals surface area contributed by atoms with Crippen molar-refractivity contribution in [2.24, 2.45) is 11.7 Å². The van der Waals surface area contributed by atoms with Crippen LogP contribution in [0.1, 0.15) is 20.3 Å². The Hall–Kier alpha value is -1.62. The highest BCUT2D eigenvalue weighted by Gasteiger charge is 2.27. The highest BCUT2D eigenvalue weighted by Crippen LogP contribution is 2.14. The van der Waals surface area contributed by atoms with Crippen LogP contribution in [0, 0.1) is 5.92 Å². The SMILES string of the molecule is CC[C@H](C)[C@H](N)C(=O)N1CCN(c2ccccn2)CC1. The number of pyridine rings is 1. The number of amides is 1. The Kier molecular flexibility index (Phi) is 4.95. The van der Waals surface area contributed by atoms with Crippen LogP contribution in [0.15, 0.2) is 24.4 Å². The van der Waals surface area contributed by atoms with Crippen molar-refractivity contribution in [1.82, 2.24) is 9.88 Å². The molecule has 2 atom stereocenters. The summed E-state index contributed by atoms with van der Waals surface area (Å²) < 4.78 is 0. The van der Waals surface area contributed by atoms with Gasteiger partial charge in [0, 0.05) is 32.4 Å². The van der Waals surface area contributed by atoms with Gasteiger partial charge in [0.15, 0.2) is 0 Å². The molecule has 0 unspecified atom stereocenters. The molecule has 1 aliphatic rings. The lowest BCUT2D eigenvalue weighted by atomic mass is 9.98. The van der Waals surface area contributed by atoms with Crippen LogP contribution in [-0.4, -0.2) is 48.0 Å². The molecule has 110 valence electrons. The smallest absolute Gasteiger partial charge is 0.239 e. The Bertz CT molecular complexity index is 429. The standard InChI is InChI=1S/C15H24N4O/c1-3-12(2)14(16)15(20)19-10-8-18(9-11-19)13-6-4-5-7-17-13/h4-7,12,14H,3,8-11,16H2,1-2H3/t12-,14-/m0/s1. The summed E-state index contributed by atoms with van der Waals surface area (Å²) in [5.41, 5.74) is 6.03.